The van der Waals surface area contributed by atoms with Gasteiger partial charge in [0.2, 0.25) is 5.60 Å². The lowest BCUT2D eigenvalue weighted by atomic mass is 9.64. The van der Waals surface area contributed by atoms with Crippen LogP contribution < -0.4 is 5.32 Å². The molecule has 0 aliphatic heterocycles. The summed E-state index contributed by atoms with van der Waals surface area (Å²) in [6.07, 6.45) is -9.80. The number of aromatic nitrogens is 2. The highest BCUT2D eigenvalue weighted by atomic mass is 19.4. The molecule has 6 nitrogen and oxygen atoms in total. The van der Waals surface area contributed by atoms with Gasteiger partial charge >= 0.3 is 12.4 Å². The predicted octanol–water partition coefficient (Wildman–Crippen LogP) is 5.88. The smallest absolute Gasteiger partial charge is 0.372 e. The van der Waals surface area contributed by atoms with E-state index in [1.807, 2.05) is 5.32 Å². The van der Waals surface area contributed by atoms with Crippen LogP contribution >= 0.6 is 0 Å². The molecule has 1 fully saturated rings. The maximum atomic E-state index is 14.4. The molecule has 4 rings (SSSR count). The van der Waals surface area contributed by atoms with E-state index in [2.05, 4.69) is 10.1 Å². The summed E-state index contributed by atoms with van der Waals surface area (Å²) in [7, 11) is 0. The fraction of sp³-hybridized carbons (Fsp3) is 0.375. The summed E-state index contributed by atoms with van der Waals surface area (Å²) in [5.74, 6) is -4.51. The van der Waals surface area contributed by atoms with Crippen molar-refractivity contribution in [1.82, 2.24) is 10.1 Å². The number of carbonyl (C=O) groups is 1. The number of hydrogen-bond donors (Lipinski definition) is 2. The van der Waals surface area contributed by atoms with Crippen molar-refractivity contribution in [2.75, 3.05) is 5.32 Å². The average molecular weight is 513 g/mol. The first-order chi connectivity index (χ1) is 16.8. The van der Waals surface area contributed by atoms with E-state index in [0.29, 0.717) is 23.9 Å². The molecular weight excluding hydrogens is 492 g/mol. The number of aliphatic hydroxyl groups is 1. The highest BCUT2D eigenvalue weighted by Gasteiger charge is 2.66. The van der Waals surface area contributed by atoms with Gasteiger partial charge in [0.1, 0.15) is 0 Å². The van der Waals surface area contributed by atoms with Crippen molar-refractivity contribution >= 4 is 11.6 Å². The van der Waals surface area contributed by atoms with Gasteiger partial charge in [-0.05, 0) is 61.6 Å². The molecule has 36 heavy (non-hydrogen) atoms. The van der Waals surface area contributed by atoms with Crippen molar-refractivity contribution in [1.29, 1.82) is 0 Å². The van der Waals surface area contributed by atoms with Crippen molar-refractivity contribution in [3.05, 3.63) is 65.5 Å². The molecule has 1 aliphatic carbocycles. The number of aryl methyl sites for hydroxylation is 1. The third-order valence-corrected chi connectivity index (χ3v) is 6.37. The van der Waals surface area contributed by atoms with Gasteiger partial charge in [-0.15, -0.1) is 0 Å². The molecule has 0 bridgehead atoms. The van der Waals surface area contributed by atoms with Crippen molar-refractivity contribution in [2.45, 2.75) is 50.1 Å². The van der Waals surface area contributed by atoms with Crippen molar-refractivity contribution in [2.24, 2.45) is 5.92 Å². The predicted molar refractivity (Wildman–Crippen MR) is 116 cm³/mol. The third kappa shape index (κ3) is 4.69. The molecule has 12 heteroatoms. The number of amides is 1. The Labute approximate surface area is 201 Å². The Hall–Kier alpha value is -3.41. The Balaban J connectivity index is 1.73. The lowest BCUT2D eigenvalue weighted by Crippen LogP contribution is -2.61. The summed E-state index contributed by atoms with van der Waals surface area (Å²) in [6, 6.07) is 9.04. The van der Waals surface area contributed by atoms with Crippen LogP contribution in [0.1, 0.15) is 42.1 Å². The molecule has 0 radical (unpaired) electrons. The molecule has 2 unspecified atom stereocenters. The quantitative estimate of drug-likeness (QED) is 0.402. The van der Waals surface area contributed by atoms with E-state index in [9.17, 15) is 36.2 Å². The first-order valence-electron chi connectivity index (χ1n) is 11.0. The molecular formula is C24H21F6N3O3. The summed E-state index contributed by atoms with van der Waals surface area (Å²) >= 11 is 0. The van der Waals surface area contributed by atoms with Crippen LogP contribution in [0.2, 0.25) is 0 Å². The lowest BCUT2D eigenvalue weighted by molar-refractivity contribution is -0.263. The number of nitrogens with zero attached hydrogens (tertiary/aromatic N) is 2. The van der Waals surface area contributed by atoms with E-state index < -0.39 is 46.8 Å². The van der Waals surface area contributed by atoms with E-state index in [-0.39, 0.29) is 24.4 Å². The van der Waals surface area contributed by atoms with Crippen LogP contribution in [-0.4, -0.2) is 32.9 Å². The van der Waals surface area contributed by atoms with Crippen LogP contribution in [0.3, 0.4) is 0 Å². The second-order valence-electron chi connectivity index (χ2n) is 8.70. The first-order valence-corrected chi connectivity index (χ1v) is 11.0. The molecule has 1 aliphatic rings. The highest BCUT2D eigenvalue weighted by molar-refractivity contribution is 5.99. The molecule has 1 saturated carbocycles. The van der Waals surface area contributed by atoms with Crippen LogP contribution in [0.15, 0.2) is 53.1 Å². The minimum absolute atomic E-state index is 0.112. The van der Waals surface area contributed by atoms with Crippen LogP contribution in [0, 0.1) is 12.8 Å². The third-order valence-electron chi connectivity index (χ3n) is 6.37. The normalized spacial score (nSPS) is 17.2. The summed E-state index contributed by atoms with van der Waals surface area (Å²) in [5.41, 5.74) is -5.91. The Morgan fingerprint density at radius 1 is 1.06 bits per heavy atom. The summed E-state index contributed by atoms with van der Waals surface area (Å²) in [6.45, 7) is 1.59. The summed E-state index contributed by atoms with van der Waals surface area (Å²) < 4.78 is 89.4. The number of benzene rings is 2. The SMILES string of the molecule is Cc1noc(-c2ccc(NC(=O)C(O)(C(c3ccccc3C(F)(F)F)C3CCC3)C(F)(F)F)cc2)n1. The first kappa shape index (κ1) is 25.7. The van der Waals surface area contributed by atoms with Gasteiger partial charge in [0.25, 0.3) is 11.8 Å². The zero-order chi connectivity index (χ0) is 26.3. The molecule has 2 aromatic carbocycles. The summed E-state index contributed by atoms with van der Waals surface area (Å²) in [4.78, 5) is 17.1. The van der Waals surface area contributed by atoms with Gasteiger partial charge in [-0.2, -0.15) is 31.3 Å². The van der Waals surface area contributed by atoms with Gasteiger partial charge in [0.05, 0.1) is 5.56 Å². The van der Waals surface area contributed by atoms with Gasteiger partial charge in [0.15, 0.2) is 5.82 Å². The largest absolute Gasteiger partial charge is 0.427 e. The lowest BCUT2D eigenvalue weighted by Gasteiger charge is -2.44. The van der Waals surface area contributed by atoms with Crippen molar-refractivity contribution < 1.29 is 40.8 Å². The van der Waals surface area contributed by atoms with Gasteiger partial charge < -0.3 is 14.9 Å². The maximum absolute atomic E-state index is 14.4. The van der Waals surface area contributed by atoms with E-state index >= 15 is 0 Å². The van der Waals surface area contributed by atoms with E-state index in [1.54, 1.807) is 6.92 Å². The van der Waals surface area contributed by atoms with E-state index in [0.717, 1.165) is 18.2 Å². The van der Waals surface area contributed by atoms with Crippen molar-refractivity contribution in [3.63, 3.8) is 0 Å². The fourth-order valence-corrected chi connectivity index (χ4v) is 4.40. The zero-order valence-electron chi connectivity index (χ0n) is 18.8. The molecule has 2 atom stereocenters. The van der Waals surface area contributed by atoms with E-state index in [1.165, 1.54) is 24.3 Å². The number of hydrogen-bond acceptors (Lipinski definition) is 5. The Morgan fingerprint density at radius 3 is 2.19 bits per heavy atom. The van der Waals surface area contributed by atoms with Gasteiger partial charge in [-0.3, -0.25) is 4.79 Å². The Bertz CT molecular complexity index is 1230. The Kier molecular flexibility index (Phi) is 6.58. The molecule has 2 N–H and O–H groups in total. The van der Waals surface area contributed by atoms with Crippen molar-refractivity contribution in [3.8, 4) is 11.5 Å². The van der Waals surface area contributed by atoms with Crippen LogP contribution in [0.5, 0.6) is 0 Å². The van der Waals surface area contributed by atoms with Crippen LogP contribution in [0.4, 0.5) is 32.0 Å². The molecule has 3 aromatic rings. The summed E-state index contributed by atoms with van der Waals surface area (Å²) in [5, 5.41) is 16.7. The standard InChI is InChI=1S/C24H21F6N3O3/c1-13-31-20(36-33-13)15-9-11-16(12-10-15)32-21(34)22(35,24(28,29)30)19(14-5-4-6-14)17-7-2-3-8-18(17)23(25,26)27/h2-3,7-12,14,19,35H,4-6H2,1H3,(H,32,34). The number of rotatable bonds is 6. The number of alkyl halides is 6. The van der Waals surface area contributed by atoms with Crippen LogP contribution in [0.25, 0.3) is 11.5 Å². The van der Waals surface area contributed by atoms with E-state index in [4.69, 9.17) is 4.52 Å². The number of carbonyl (C=O) groups excluding carboxylic acids is 1. The zero-order valence-corrected chi connectivity index (χ0v) is 18.8. The topological polar surface area (TPSA) is 88.2 Å². The number of halogens is 6. The van der Waals surface area contributed by atoms with Gasteiger partial charge in [0, 0.05) is 17.2 Å². The fourth-order valence-electron chi connectivity index (χ4n) is 4.40. The monoisotopic (exact) mass is 513 g/mol. The Morgan fingerprint density at radius 2 is 1.69 bits per heavy atom. The second-order valence-corrected chi connectivity index (χ2v) is 8.70. The minimum Gasteiger partial charge on any atom is -0.372 e. The minimum atomic E-state index is -5.57. The average Bonchev–Trinajstić information content (AvgIpc) is 3.21. The highest BCUT2D eigenvalue weighted by Crippen LogP contribution is 2.53. The molecule has 1 aromatic heterocycles. The molecule has 1 amide bonds. The maximum Gasteiger partial charge on any atom is 0.427 e. The number of anilines is 1. The van der Waals surface area contributed by atoms with Gasteiger partial charge in [-0.25, -0.2) is 0 Å². The second kappa shape index (κ2) is 9.23. The molecule has 192 valence electrons. The van der Waals surface area contributed by atoms with Gasteiger partial charge in [-0.1, -0.05) is 29.8 Å². The molecule has 0 spiro atoms. The molecule has 0 saturated heterocycles. The van der Waals surface area contributed by atoms with Crippen LogP contribution in [-0.2, 0) is 11.0 Å². The number of nitrogens with one attached hydrogen (secondary N) is 1. The molecule has 1 heterocycles.